The fraction of sp³-hybridized carbons (Fsp3) is 0.182. The lowest BCUT2D eigenvalue weighted by atomic mass is 10.1. The molecule has 10 heteroatoms. The van der Waals surface area contributed by atoms with Crippen LogP contribution in [-0.2, 0) is 22.4 Å². The lowest BCUT2D eigenvalue weighted by Gasteiger charge is -2.05. The number of hydrogen-bond acceptors (Lipinski definition) is 6. The van der Waals surface area contributed by atoms with Gasteiger partial charge < -0.3 is 41.9 Å². The number of phenolic OH excluding ortho intramolecular Hbond substituents is 1. The van der Waals surface area contributed by atoms with E-state index in [1.54, 1.807) is 24.4 Å². The largest absolute Gasteiger partial charge is 0.508 e. The molecule has 0 spiro atoms. The molecule has 2 aromatic carbocycles. The molecule has 0 radical (unpaired) electrons. The van der Waals surface area contributed by atoms with Crippen LogP contribution in [0.2, 0.25) is 0 Å². The summed E-state index contributed by atoms with van der Waals surface area (Å²) in [5.74, 6) is -1.98. The van der Waals surface area contributed by atoms with Gasteiger partial charge in [0.05, 0.1) is 0 Å². The van der Waals surface area contributed by atoms with Gasteiger partial charge in [-0.25, -0.2) is 0 Å². The molecule has 2 aromatic heterocycles. The van der Waals surface area contributed by atoms with Crippen LogP contribution in [0.3, 0.4) is 0 Å². The number of benzene rings is 2. The number of nitrogens with one attached hydrogen (secondary N) is 2. The average Bonchev–Trinajstić information content (AvgIpc) is 3.28. The van der Waals surface area contributed by atoms with Crippen LogP contribution in [0, 0.1) is 0 Å². The van der Waals surface area contributed by atoms with Gasteiger partial charge in [-0.15, -0.1) is 0 Å². The smallest absolute Gasteiger partial charge is 0.320 e. The number of hydrogen-bond donors (Lipinski definition) is 8. The number of aliphatic carboxylic acids is 2. The maximum atomic E-state index is 10.7. The van der Waals surface area contributed by atoms with Crippen molar-refractivity contribution in [2.75, 3.05) is 0 Å². The van der Waals surface area contributed by atoms with Crippen molar-refractivity contribution in [3.63, 3.8) is 0 Å². The van der Waals surface area contributed by atoms with Crippen molar-refractivity contribution >= 4 is 33.7 Å². The zero-order valence-corrected chi connectivity index (χ0v) is 16.9. The van der Waals surface area contributed by atoms with Crippen molar-refractivity contribution in [3.05, 3.63) is 59.8 Å². The third kappa shape index (κ3) is 4.99. The average molecular weight is 440 g/mol. The number of aromatic hydroxyl groups is 2. The highest BCUT2D eigenvalue weighted by molar-refractivity contribution is 5.87. The fourth-order valence-electron chi connectivity index (χ4n) is 3.36. The minimum absolute atomic E-state index is 0.0158. The Morgan fingerprint density at radius 1 is 0.875 bits per heavy atom. The van der Waals surface area contributed by atoms with E-state index < -0.39 is 24.0 Å². The summed E-state index contributed by atoms with van der Waals surface area (Å²) < 4.78 is 0. The van der Waals surface area contributed by atoms with E-state index in [1.165, 1.54) is 0 Å². The minimum atomic E-state index is -1.08. The molecule has 0 bridgehead atoms. The molecule has 0 aliphatic carbocycles. The Morgan fingerprint density at radius 2 is 1.53 bits per heavy atom. The van der Waals surface area contributed by atoms with E-state index in [-0.39, 0.29) is 24.5 Å². The van der Waals surface area contributed by atoms with E-state index in [4.69, 9.17) is 21.7 Å². The van der Waals surface area contributed by atoms with Crippen LogP contribution in [0.15, 0.2) is 48.7 Å². The molecule has 1 unspecified atom stereocenters. The van der Waals surface area contributed by atoms with Crippen LogP contribution < -0.4 is 11.5 Å². The van der Waals surface area contributed by atoms with Gasteiger partial charge in [0.1, 0.15) is 17.8 Å². The number of carboxylic acid groups (broad SMARTS) is 2. The van der Waals surface area contributed by atoms with Crippen LogP contribution in [-0.4, -0.2) is 54.4 Å². The number of carbonyl (C=O) groups is 2. The maximum absolute atomic E-state index is 10.7. The van der Waals surface area contributed by atoms with Gasteiger partial charge in [-0.1, -0.05) is 18.2 Å². The van der Waals surface area contributed by atoms with Gasteiger partial charge in [-0.3, -0.25) is 9.59 Å². The topological polar surface area (TPSA) is 199 Å². The van der Waals surface area contributed by atoms with E-state index in [1.807, 2.05) is 24.3 Å². The predicted molar refractivity (Wildman–Crippen MR) is 119 cm³/mol. The molecular formula is C22H24N4O6. The first-order valence-corrected chi connectivity index (χ1v) is 9.71. The number of phenols is 1. The molecule has 0 saturated heterocycles. The fourth-order valence-corrected chi connectivity index (χ4v) is 3.36. The monoisotopic (exact) mass is 440 g/mol. The Labute approximate surface area is 182 Å². The summed E-state index contributed by atoms with van der Waals surface area (Å²) in [4.78, 5) is 27.1. The number of fused-ring (bicyclic) bond motifs is 2. The highest BCUT2D eigenvalue weighted by Crippen LogP contribution is 2.27. The number of rotatable bonds is 6. The predicted octanol–water partition coefficient (Wildman–Crippen LogP) is 1.66. The normalized spacial score (nSPS) is 12.8. The lowest BCUT2D eigenvalue weighted by Crippen LogP contribution is -2.32. The van der Waals surface area contributed by atoms with Crippen molar-refractivity contribution in [2.24, 2.45) is 11.5 Å². The molecule has 2 heterocycles. The standard InChI is InChI=1S/2C11H12N2O3/c12-9(11(15)16)3-6-5-13-10-2-1-7(14)4-8(6)10;12-8(11(15)16)5-7-6-3-1-2-4-9(6)13-10(7)14/h1-2,4-5,9,13-14H,3,12H2,(H,15,16);1-4,8,13-14H,5,12H2,(H,15,16)/t;8-/m.0/s1. The first-order valence-electron chi connectivity index (χ1n) is 9.71. The van der Waals surface area contributed by atoms with Crippen molar-refractivity contribution in [3.8, 4) is 11.6 Å². The number of H-pyrrole nitrogens is 2. The molecule has 10 N–H and O–H groups in total. The summed E-state index contributed by atoms with van der Waals surface area (Å²) in [6, 6.07) is 10.2. The van der Waals surface area contributed by atoms with Crippen LogP contribution in [0.5, 0.6) is 11.6 Å². The Kier molecular flexibility index (Phi) is 6.67. The summed E-state index contributed by atoms with van der Waals surface area (Å²) >= 11 is 0. The highest BCUT2D eigenvalue weighted by atomic mass is 16.4. The number of para-hydroxylation sites is 1. The highest BCUT2D eigenvalue weighted by Gasteiger charge is 2.18. The quantitative estimate of drug-likeness (QED) is 0.221. The maximum Gasteiger partial charge on any atom is 0.320 e. The zero-order valence-electron chi connectivity index (χ0n) is 16.9. The molecule has 168 valence electrons. The Morgan fingerprint density at radius 3 is 2.22 bits per heavy atom. The number of carboxylic acids is 2. The Balaban J connectivity index is 0.000000181. The van der Waals surface area contributed by atoms with Gasteiger partial charge in [0.15, 0.2) is 5.88 Å². The lowest BCUT2D eigenvalue weighted by molar-refractivity contribution is -0.139. The van der Waals surface area contributed by atoms with Gasteiger partial charge in [0, 0.05) is 46.4 Å². The van der Waals surface area contributed by atoms with Gasteiger partial charge >= 0.3 is 11.9 Å². The molecule has 0 aliphatic heterocycles. The van der Waals surface area contributed by atoms with Crippen LogP contribution in [0.1, 0.15) is 11.1 Å². The summed E-state index contributed by atoms with van der Waals surface area (Å²) in [7, 11) is 0. The second-order valence-corrected chi connectivity index (χ2v) is 7.34. The summed E-state index contributed by atoms with van der Waals surface area (Å²) in [6.45, 7) is 0. The molecule has 4 rings (SSSR count). The number of aromatic amines is 2. The van der Waals surface area contributed by atoms with Crippen molar-refractivity contribution < 1.29 is 30.0 Å². The summed E-state index contributed by atoms with van der Waals surface area (Å²) in [5, 5.41) is 38.1. The second-order valence-electron chi connectivity index (χ2n) is 7.34. The minimum Gasteiger partial charge on any atom is -0.508 e. The van der Waals surface area contributed by atoms with Crippen molar-refractivity contribution in [1.29, 1.82) is 0 Å². The molecule has 0 saturated carbocycles. The van der Waals surface area contributed by atoms with Crippen molar-refractivity contribution in [2.45, 2.75) is 24.9 Å². The molecule has 32 heavy (non-hydrogen) atoms. The third-order valence-electron chi connectivity index (χ3n) is 5.04. The molecular weight excluding hydrogens is 416 g/mol. The van der Waals surface area contributed by atoms with Gasteiger partial charge in [-0.05, 0) is 29.8 Å². The Bertz CT molecular complexity index is 1260. The van der Waals surface area contributed by atoms with Gasteiger partial charge in [0.25, 0.3) is 0 Å². The van der Waals surface area contributed by atoms with Gasteiger partial charge in [-0.2, -0.15) is 0 Å². The van der Waals surface area contributed by atoms with Crippen molar-refractivity contribution in [1.82, 2.24) is 9.97 Å². The zero-order chi connectivity index (χ0) is 23.4. The number of aromatic nitrogens is 2. The first kappa shape index (κ1) is 22.7. The van der Waals surface area contributed by atoms with Gasteiger partial charge in [0.2, 0.25) is 0 Å². The summed E-state index contributed by atoms with van der Waals surface area (Å²) in [6.07, 6.45) is 2.05. The molecule has 0 aliphatic rings. The second kappa shape index (κ2) is 9.41. The van der Waals surface area contributed by atoms with E-state index in [9.17, 15) is 19.8 Å². The third-order valence-corrected chi connectivity index (χ3v) is 5.04. The van der Waals surface area contributed by atoms with Crippen LogP contribution >= 0.6 is 0 Å². The van der Waals surface area contributed by atoms with E-state index >= 15 is 0 Å². The molecule has 2 atom stereocenters. The van der Waals surface area contributed by atoms with E-state index in [2.05, 4.69) is 9.97 Å². The first-order chi connectivity index (χ1) is 15.2. The number of nitrogens with two attached hydrogens (primary N) is 2. The van der Waals surface area contributed by atoms with Crippen LogP contribution in [0.4, 0.5) is 0 Å². The Hall–Kier alpha value is -4.02. The SMILES string of the molecule is NC(Cc1c[nH]c2ccc(O)cc12)C(=O)O.N[C@@H](Cc1c(O)[nH]c2ccccc12)C(=O)O. The van der Waals surface area contributed by atoms with E-state index in [0.717, 1.165) is 27.4 Å². The molecule has 4 aromatic rings. The van der Waals surface area contributed by atoms with E-state index in [0.29, 0.717) is 5.56 Å². The van der Waals surface area contributed by atoms with Crippen LogP contribution in [0.25, 0.3) is 21.8 Å². The molecule has 0 fully saturated rings. The molecule has 0 amide bonds. The molecule has 10 nitrogen and oxygen atoms in total. The summed E-state index contributed by atoms with van der Waals surface area (Å²) in [5.41, 5.74) is 13.9.